The van der Waals surface area contributed by atoms with Crippen molar-refractivity contribution in [3.63, 3.8) is 0 Å². The van der Waals surface area contributed by atoms with E-state index in [-0.39, 0.29) is 5.91 Å². The molecule has 18 heavy (non-hydrogen) atoms. The quantitative estimate of drug-likeness (QED) is 0.475. The van der Waals surface area contributed by atoms with Crippen LogP contribution in [0.3, 0.4) is 0 Å². The summed E-state index contributed by atoms with van der Waals surface area (Å²) in [6.45, 7) is 6.26. The van der Waals surface area contributed by atoms with E-state index in [1.807, 2.05) is 13.0 Å². The van der Waals surface area contributed by atoms with E-state index in [1.54, 1.807) is 23.9 Å². The maximum atomic E-state index is 11.9. The predicted molar refractivity (Wildman–Crippen MR) is 78.5 cm³/mol. The first kappa shape index (κ1) is 15.1. The van der Waals surface area contributed by atoms with Gasteiger partial charge < -0.3 is 5.32 Å². The van der Waals surface area contributed by atoms with Crippen LogP contribution in [0.2, 0.25) is 5.15 Å². The van der Waals surface area contributed by atoms with Crippen LogP contribution in [0.5, 0.6) is 0 Å². The van der Waals surface area contributed by atoms with Crippen LogP contribution in [-0.2, 0) is 6.42 Å². The summed E-state index contributed by atoms with van der Waals surface area (Å²) in [5, 5.41) is 3.22. The van der Waals surface area contributed by atoms with Gasteiger partial charge in [-0.1, -0.05) is 24.6 Å². The molecule has 1 heterocycles. The maximum Gasteiger partial charge on any atom is 0.251 e. The van der Waals surface area contributed by atoms with Gasteiger partial charge in [0.15, 0.2) is 0 Å². The van der Waals surface area contributed by atoms with Crippen molar-refractivity contribution in [1.29, 1.82) is 0 Å². The van der Waals surface area contributed by atoms with Gasteiger partial charge in [0, 0.05) is 29.3 Å². The topological polar surface area (TPSA) is 42.0 Å². The third-order valence-electron chi connectivity index (χ3n) is 2.24. The molecule has 5 heteroatoms. The van der Waals surface area contributed by atoms with Gasteiger partial charge in [0.25, 0.3) is 5.91 Å². The summed E-state index contributed by atoms with van der Waals surface area (Å²) >= 11 is 7.60. The Bertz CT molecular complexity index is 423. The van der Waals surface area contributed by atoms with Crippen LogP contribution in [0.1, 0.15) is 23.0 Å². The van der Waals surface area contributed by atoms with Crippen LogP contribution in [-0.4, -0.2) is 28.9 Å². The molecule has 0 atom stereocenters. The van der Waals surface area contributed by atoms with E-state index in [4.69, 9.17) is 11.6 Å². The average molecular weight is 285 g/mol. The second-order valence-corrected chi connectivity index (χ2v) is 5.18. The van der Waals surface area contributed by atoms with Crippen LogP contribution in [0.4, 0.5) is 0 Å². The van der Waals surface area contributed by atoms with Crippen molar-refractivity contribution < 1.29 is 4.79 Å². The van der Waals surface area contributed by atoms with E-state index in [1.165, 1.54) is 0 Å². The Balaban J connectivity index is 2.50. The van der Waals surface area contributed by atoms with Crippen molar-refractivity contribution in [3.05, 3.63) is 41.2 Å². The van der Waals surface area contributed by atoms with Crippen molar-refractivity contribution in [3.8, 4) is 0 Å². The summed E-state index contributed by atoms with van der Waals surface area (Å²) in [6, 6.07) is 3.37. The van der Waals surface area contributed by atoms with Crippen LogP contribution < -0.4 is 5.32 Å². The lowest BCUT2D eigenvalue weighted by molar-refractivity contribution is 0.0956. The lowest BCUT2D eigenvalue weighted by Crippen LogP contribution is -2.26. The fourth-order valence-electron chi connectivity index (χ4n) is 1.37. The molecule has 1 aromatic heterocycles. The molecule has 0 aliphatic rings. The molecule has 0 aliphatic carbocycles. The first-order chi connectivity index (χ1) is 8.67. The van der Waals surface area contributed by atoms with Crippen molar-refractivity contribution in [2.45, 2.75) is 13.3 Å². The molecule has 0 spiro atoms. The zero-order valence-corrected chi connectivity index (χ0v) is 12.0. The fourth-order valence-corrected chi connectivity index (χ4v) is 2.17. The molecule has 3 nitrogen and oxygen atoms in total. The van der Waals surface area contributed by atoms with E-state index >= 15 is 0 Å². The number of nitrogens with zero attached hydrogens (tertiary/aromatic N) is 1. The molecular weight excluding hydrogens is 268 g/mol. The fraction of sp³-hybridized carbons (Fsp3) is 0.385. The molecule has 0 bridgehead atoms. The van der Waals surface area contributed by atoms with Crippen LogP contribution >= 0.6 is 23.4 Å². The lowest BCUT2D eigenvalue weighted by atomic mass is 10.2. The van der Waals surface area contributed by atoms with E-state index < -0.39 is 0 Å². The summed E-state index contributed by atoms with van der Waals surface area (Å²) in [4.78, 5) is 16.0. The van der Waals surface area contributed by atoms with Gasteiger partial charge in [-0.3, -0.25) is 4.79 Å². The number of carbonyl (C=O) groups is 1. The summed E-state index contributed by atoms with van der Waals surface area (Å²) in [6.07, 6.45) is 2.61. The number of thioether (sulfide) groups is 1. The maximum absolute atomic E-state index is 11.9. The molecule has 1 aromatic rings. The molecular formula is C13H17ClN2OS. The van der Waals surface area contributed by atoms with E-state index in [2.05, 4.69) is 16.9 Å². The van der Waals surface area contributed by atoms with Gasteiger partial charge >= 0.3 is 0 Å². The van der Waals surface area contributed by atoms with E-state index in [0.717, 1.165) is 23.6 Å². The number of carbonyl (C=O) groups excluding carboxylic acids is 1. The highest BCUT2D eigenvalue weighted by Gasteiger charge is 2.08. The van der Waals surface area contributed by atoms with Crippen molar-refractivity contribution in [1.82, 2.24) is 10.3 Å². The van der Waals surface area contributed by atoms with Crippen molar-refractivity contribution >= 4 is 29.3 Å². The summed E-state index contributed by atoms with van der Waals surface area (Å²) in [7, 11) is 0. The molecule has 0 saturated carbocycles. The number of hydrogen-bond acceptors (Lipinski definition) is 3. The van der Waals surface area contributed by atoms with Gasteiger partial charge in [-0.2, -0.15) is 11.8 Å². The number of hydrogen-bond donors (Lipinski definition) is 1. The zero-order valence-electron chi connectivity index (χ0n) is 10.4. The Morgan fingerprint density at radius 1 is 1.61 bits per heavy atom. The highest BCUT2D eigenvalue weighted by molar-refractivity contribution is 7.99. The first-order valence-electron chi connectivity index (χ1n) is 5.80. The largest absolute Gasteiger partial charge is 0.351 e. The number of halogens is 1. The number of nitrogens with one attached hydrogen (secondary N) is 1. The number of aryl methyl sites for hydroxylation is 1. The summed E-state index contributed by atoms with van der Waals surface area (Å²) < 4.78 is 0. The summed E-state index contributed by atoms with van der Waals surface area (Å²) in [5.41, 5.74) is 1.40. The molecule has 0 radical (unpaired) electrons. The van der Waals surface area contributed by atoms with E-state index in [0.29, 0.717) is 17.3 Å². The SMILES string of the molecule is C=CCSCCNC(=O)c1cc(Cl)nc(CC)c1. The minimum Gasteiger partial charge on any atom is -0.351 e. The molecule has 0 aromatic carbocycles. The highest BCUT2D eigenvalue weighted by Crippen LogP contribution is 2.11. The predicted octanol–water partition coefficient (Wildman–Crippen LogP) is 2.95. The van der Waals surface area contributed by atoms with Gasteiger partial charge in [0.1, 0.15) is 5.15 Å². The smallest absolute Gasteiger partial charge is 0.251 e. The number of pyridine rings is 1. The minimum atomic E-state index is -0.104. The minimum absolute atomic E-state index is 0.104. The van der Waals surface area contributed by atoms with Gasteiger partial charge in [0.2, 0.25) is 0 Å². The Kier molecular flexibility index (Phi) is 6.83. The lowest BCUT2D eigenvalue weighted by Gasteiger charge is -2.06. The third kappa shape index (κ3) is 5.10. The Labute approximate surface area is 117 Å². The molecule has 1 rings (SSSR count). The van der Waals surface area contributed by atoms with Gasteiger partial charge in [0.05, 0.1) is 0 Å². The highest BCUT2D eigenvalue weighted by atomic mass is 35.5. The zero-order chi connectivity index (χ0) is 13.4. The average Bonchev–Trinajstić information content (AvgIpc) is 2.37. The van der Waals surface area contributed by atoms with Crippen LogP contribution in [0.15, 0.2) is 24.8 Å². The van der Waals surface area contributed by atoms with Crippen LogP contribution in [0.25, 0.3) is 0 Å². The molecule has 0 saturated heterocycles. The van der Waals surface area contributed by atoms with Crippen molar-refractivity contribution in [2.75, 3.05) is 18.1 Å². The molecule has 0 fully saturated rings. The van der Waals surface area contributed by atoms with Crippen molar-refractivity contribution in [2.24, 2.45) is 0 Å². The van der Waals surface area contributed by atoms with Gasteiger partial charge in [-0.05, 0) is 18.6 Å². The molecule has 0 aliphatic heterocycles. The Morgan fingerprint density at radius 3 is 3.06 bits per heavy atom. The number of aromatic nitrogens is 1. The van der Waals surface area contributed by atoms with E-state index in [9.17, 15) is 4.79 Å². The molecule has 1 amide bonds. The molecule has 98 valence electrons. The van der Waals surface area contributed by atoms with Gasteiger partial charge in [-0.25, -0.2) is 4.98 Å². The number of amides is 1. The Morgan fingerprint density at radius 2 is 2.39 bits per heavy atom. The van der Waals surface area contributed by atoms with Gasteiger partial charge in [-0.15, -0.1) is 6.58 Å². The number of rotatable bonds is 7. The second-order valence-electron chi connectivity index (χ2n) is 3.64. The normalized spacial score (nSPS) is 10.1. The standard InChI is InChI=1S/C13H17ClN2OS/c1-3-6-18-7-5-15-13(17)10-8-11(4-2)16-12(14)9-10/h3,8-9H,1,4-7H2,2H3,(H,15,17). The second kappa shape index (κ2) is 8.16. The third-order valence-corrected chi connectivity index (χ3v) is 3.40. The summed E-state index contributed by atoms with van der Waals surface area (Å²) in [5.74, 6) is 1.67. The Hall–Kier alpha value is -1.00. The monoisotopic (exact) mass is 284 g/mol. The van der Waals surface area contributed by atoms with Crippen LogP contribution in [0, 0.1) is 0 Å². The molecule has 0 unspecified atom stereocenters. The molecule has 1 N–H and O–H groups in total. The first-order valence-corrected chi connectivity index (χ1v) is 7.34.